The van der Waals surface area contributed by atoms with Crippen LogP contribution in [0.2, 0.25) is 0 Å². The van der Waals surface area contributed by atoms with Gasteiger partial charge in [0.1, 0.15) is 5.75 Å². The molecule has 0 spiro atoms. The van der Waals surface area contributed by atoms with Crippen LogP contribution < -0.4 is 4.74 Å². The smallest absolute Gasteiger partial charge is 0.349 e. The molecule has 1 atom stereocenters. The molecule has 1 unspecified atom stereocenters. The first kappa shape index (κ1) is 13.0. The lowest BCUT2D eigenvalue weighted by molar-refractivity contribution is 0.0697. The van der Waals surface area contributed by atoms with Gasteiger partial charge < -0.3 is 14.9 Å². The number of aliphatic hydroxyl groups excluding tert-OH is 1. The Morgan fingerprint density at radius 3 is 2.81 bits per heavy atom. The lowest BCUT2D eigenvalue weighted by Gasteiger charge is -2.06. The Kier molecular flexibility index (Phi) is 4.76. The fourth-order valence-electron chi connectivity index (χ4n) is 1.19. The van der Waals surface area contributed by atoms with Crippen molar-refractivity contribution in [3.8, 4) is 5.75 Å². The molecule has 0 radical (unpaired) electrons. The van der Waals surface area contributed by atoms with Gasteiger partial charge >= 0.3 is 5.97 Å². The zero-order chi connectivity index (χ0) is 12.1. The van der Waals surface area contributed by atoms with Gasteiger partial charge in [0, 0.05) is 11.3 Å². The third-order valence-electron chi connectivity index (χ3n) is 2.08. The molecule has 0 saturated heterocycles. The standard InChI is InChI=1S/C11H16O4S/c1-3-8-6-9(10(16-8)11(13)14)15-5-4-7(2)12/h6-7,12H,3-5H2,1-2H3,(H,13,14). The second-order valence-electron chi connectivity index (χ2n) is 3.55. The summed E-state index contributed by atoms with van der Waals surface area (Å²) in [6, 6.07) is 1.76. The molecular weight excluding hydrogens is 228 g/mol. The van der Waals surface area contributed by atoms with Gasteiger partial charge in [0.05, 0.1) is 12.7 Å². The van der Waals surface area contributed by atoms with E-state index in [4.69, 9.17) is 14.9 Å². The number of rotatable bonds is 6. The molecule has 1 heterocycles. The average molecular weight is 244 g/mol. The van der Waals surface area contributed by atoms with Crippen molar-refractivity contribution in [2.24, 2.45) is 0 Å². The summed E-state index contributed by atoms with van der Waals surface area (Å²) in [5.74, 6) is -0.549. The van der Waals surface area contributed by atoms with Crippen LogP contribution in [0.5, 0.6) is 5.75 Å². The van der Waals surface area contributed by atoms with E-state index in [1.54, 1.807) is 13.0 Å². The van der Waals surface area contributed by atoms with Crippen molar-refractivity contribution in [2.45, 2.75) is 32.8 Å². The predicted octanol–water partition coefficient (Wildman–Crippen LogP) is 2.16. The van der Waals surface area contributed by atoms with Crippen molar-refractivity contribution in [1.29, 1.82) is 0 Å². The topological polar surface area (TPSA) is 66.8 Å². The van der Waals surface area contributed by atoms with Crippen molar-refractivity contribution < 1.29 is 19.7 Å². The SMILES string of the molecule is CCc1cc(OCCC(C)O)c(C(=O)O)s1. The third-order valence-corrected chi connectivity index (χ3v) is 3.33. The van der Waals surface area contributed by atoms with Crippen LogP contribution in [0, 0.1) is 0 Å². The van der Waals surface area contributed by atoms with Crippen molar-refractivity contribution in [2.75, 3.05) is 6.61 Å². The Balaban J connectivity index is 2.69. The Morgan fingerprint density at radius 1 is 1.62 bits per heavy atom. The monoisotopic (exact) mass is 244 g/mol. The van der Waals surface area contributed by atoms with E-state index in [2.05, 4.69) is 0 Å². The lowest BCUT2D eigenvalue weighted by Crippen LogP contribution is -2.08. The van der Waals surface area contributed by atoms with Gasteiger partial charge in [-0.15, -0.1) is 11.3 Å². The van der Waals surface area contributed by atoms with Crippen LogP contribution in [0.1, 0.15) is 34.8 Å². The molecule has 5 heteroatoms. The molecule has 0 amide bonds. The second kappa shape index (κ2) is 5.86. The first-order valence-electron chi connectivity index (χ1n) is 5.21. The molecule has 90 valence electrons. The van der Waals surface area contributed by atoms with Crippen LogP contribution in [0.3, 0.4) is 0 Å². The zero-order valence-corrected chi connectivity index (χ0v) is 10.2. The van der Waals surface area contributed by atoms with Crippen LogP contribution >= 0.6 is 11.3 Å². The molecule has 1 rings (SSSR count). The fraction of sp³-hybridized carbons (Fsp3) is 0.545. The van der Waals surface area contributed by atoms with Gasteiger partial charge in [0.25, 0.3) is 0 Å². The second-order valence-corrected chi connectivity index (χ2v) is 4.69. The number of carboxylic acids is 1. The Morgan fingerprint density at radius 2 is 2.31 bits per heavy atom. The number of hydrogen-bond donors (Lipinski definition) is 2. The van der Waals surface area contributed by atoms with E-state index in [1.807, 2.05) is 6.92 Å². The number of aromatic carboxylic acids is 1. The van der Waals surface area contributed by atoms with Gasteiger partial charge in [-0.2, -0.15) is 0 Å². The highest BCUT2D eigenvalue weighted by molar-refractivity contribution is 7.14. The number of aryl methyl sites for hydroxylation is 1. The van der Waals surface area contributed by atoms with Crippen LogP contribution in [-0.4, -0.2) is 28.9 Å². The van der Waals surface area contributed by atoms with E-state index < -0.39 is 12.1 Å². The number of carbonyl (C=O) groups is 1. The maximum absolute atomic E-state index is 10.9. The molecule has 2 N–H and O–H groups in total. The number of ether oxygens (including phenoxy) is 1. The summed E-state index contributed by atoms with van der Waals surface area (Å²) < 4.78 is 5.36. The van der Waals surface area contributed by atoms with Gasteiger partial charge in [-0.05, 0) is 19.4 Å². The van der Waals surface area contributed by atoms with Crippen molar-refractivity contribution in [3.05, 3.63) is 15.8 Å². The molecule has 16 heavy (non-hydrogen) atoms. The lowest BCUT2D eigenvalue weighted by atomic mass is 10.3. The van der Waals surface area contributed by atoms with Crippen LogP contribution in [0.25, 0.3) is 0 Å². The summed E-state index contributed by atoms with van der Waals surface area (Å²) in [6.45, 7) is 3.97. The van der Waals surface area contributed by atoms with Crippen molar-refractivity contribution in [1.82, 2.24) is 0 Å². The summed E-state index contributed by atoms with van der Waals surface area (Å²) >= 11 is 1.24. The first-order valence-corrected chi connectivity index (χ1v) is 6.03. The molecule has 1 aromatic rings. The number of hydrogen-bond acceptors (Lipinski definition) is 4. The Labute approximate surface area is 98.5 Å². The normalized spacial score (nSPS) is 12.4. The third kappa shape index (κ3) is 3.50. The van der Waals surface area contributed by atoms with Gasteiger partial charge in [0.15, 0.2) is 4.88 Å². The maximum atomic E-state index is 10.9. The summed E-state index contributed by atoms with van der Waals surface area (Å²) in [6.07, 6.45) is 0.860. The highest BCUT2D eigenvalue weighted by Gasteiger charge is 2.16. The molecule has 4 nitrogen and oxygen atoms in total. The van der Waals surface area contributed by atoms with E-state index in [0.717, 1.165) is 11.3 Å². The molecule has 0 aliphatic heterocycles. The number of thiophene rings is 1. The number of carboxylic acid groups (broad SMARTS) is 1. The quantitative estimate of drug-likeness (QED) is 0.804. The molecule has 0 aliphatic rings. The van der Waals surface area contributed by atoms with Crippen LogP contribution in [0.15, 0.2) is 6.07 Å². The molecular formula is C11H16O4S. The minimum atomic E-state index is -0.961. The predicted molar refractivity (Wildman–Crippen MR) is 62.4 cm³/mol. The molecule has 0 fully saturated rings. The molecule has 0 saturated carbocycles. The van der Waals surface area contributed by atoms with Gasteiger partial charge in [0.2, 0.25) is 0 Å². The minimum Gasteiger partial charge on any atom is -0.492 e. The fourth-order valence-corrected chi connectivity index (χ4v) is 2.07. The highest BCUT2D eigenvalue weighted by Crippen LogP contribution is 2.29. The zero-order valence-electron chi connectivity index (χ0n) is 9.40. The minimum absolute atomic E-state index is 0.238. The Hall–Kier alpha value is -1.07. The first-order chi connectivity index (χ1) is 7.54. The average Bonchev–Trinajstić information content (AvgIpc) is 2.60. The molecule has 0 aromatic carbocycles. The van der Waals surface area contributed by atoms with Crippen molar-refractivity contribution >= 4 is 17.3 Å². The van der Waals surface area contributed by atoms with Crippen LogP contribution in [0.4, 0.5) is 0 Å². The number of aliphatic hydroxyl groups is 1. The Bertz CT molecular complexity index is 357. The maximum Gasteiger partial charge on any atom is 0.349 e. The van der Waals surface area contributed by atoms with Crippen LogP contribution in [-0.2, 0) is 6.42 Å². The van der Waals surface area contributed by atoms with Crippen molar-refractivity contribution in [3.63, 3.8) is 0 Å². The molecule has 0 bridgehead atoms. The summed E-state index contributed by atoms with van der Waals surface area (Å²) in [5.41, 5.74) is 0. The highest BCUT2D eigenvalue weighted by atomic mass is 32.1. The molecule has 1 aromatic heterocycles. The van der Waals surface area contributed by atoms with E-state index in [-0.39, 0.29) is 4.88 Å². The van der Waals surface area contributed by atoms with E-state index in [0.29, 0.717) is 18.8 Å². The largest absolute Gasteiger partial charge is 0.492 e. The van der Waals surface area contributed by atoms with Gasteiger partial charge in [-0.1, -0.05) is 6.92 Å². The summed E-state index contributed by atoms with van der Waals surface area (Å²) in [5, 5.41) is 18.0. The van der Waals surface area contributed by atoms with E-state index in [1.165, 1.54) is 11.3 Å². The molecule has 0 aliphatic carbocycles. The van der Waals surface area contributed by atoms with E-state index >= 15 is 0 Å². The van der Waals surface area contributed by atoms with E-state index in [9.17, 15) is 4.79 Å². The summed E-state index contributed by atoms with van der Waals surface area (Å²) in [7, 11) is 0. The van der Waals surface area contributed by atoms with Gasteiger partial charge in [-0.3, -0.25) is 0 Å². The van der Waals surface area contributed by atoms with Gasteiger partial charge in [-0.25, -0.2) is 4.79 Å². The summed E-state index contributed by atoms with van der Waals surface area (Å²) in [4.78, 5) is 12.2.